The van der Waals surface area contributed by atoms with E-state index in [0.29, 0.717) is 40.6 Å². The lowest BCUT2D eigenvalue weighted by atomic mass is 9.75. The maximum absolute atomic E-state index is 13.5. The SMILES string of the molecule is COc1ccc(-n2c3c(cc(C(=O)Nc4ccc(Cl)cn4)c2=O)C(=O)CC(C)(C)C3)cc1. The molecule has 0 saturated heterocycles. The van der Waals surface area contributed by atoms with Crippen molar-refractivity contribution in [2.75, 3.05) is 12.4 Å². The number of anilines is 1. The Labute approximate surface area is 190 Å². The second-order valence-electron chi connectivity index (χ2n) is 8.51. The Hall–Kier alpha value is -3.45. The lowest BCUT2D eigenvalue weighted by molar-refractivity contribution is 0.0909. The molecule has 0 saturated carbocycles. The van der Waals surface area contributed by atoms with Crippen molar-refractivity contribution in [2.45, 2.75) is 26.7 Å². The van der Waals surface area contributed by atoms with E-state index >= 15 is 0 Å². The molecule has 1 N–H and O–H groups in total. The number of hydrogen-bond donors (Lipinski definition) is 1. The van der Waals surface area contributed by atoms with Crippen LogP contribution in [0, 0.1) is 5.41 Å². The minimum atomic E-state index is -0.646. The van der Waals surface area contributed by atoms with E-state index in [4.69, 9.17) is 16.3 Å². The molecule has 1 aliphatic carbocycles. The molecule has 2 heterocycles. The number of pyridine rings is 2. The van der Waals surface area contributed by atoms with Crippen LogP contribution in [0.4, 0.5) is 5.82 Å². The maximum atomic E-state index is 13.5. The number of amides is 1. The van der Waals surface area contributed by atoms with Gasteiger partial charge < -0.3 is 10.1 Å². The van der Waals surface area contributed by atoms with Gasteiger partial charge in [-0.25, -0.2) is 4.98 Å². The number of benzene rings is 1. The zero-order valence-corrected chi connectivity index (χ0v) is 18.7. The monoisotopic (exact) mass is 451 g/mol. The number of fused-ring (bicyclic) bond motifs is 1. The molecule has 1 amide bonds. The molecule has 2 aromatic heterocycles. The summed E-state index contributed by atoms with van der Waals surface area (Å²) >= 11 is 5.84. The number of carbonyl (C=O) groups excluding carboxylic acids is 2. The fourth-order valence-corrected chi connectivity index (χ4v) is 4.03. The molecule has 1 aliphatic rings. The molecule has 0 fully saturated rings. The average Bonchev–Trinajstić information content (AvgIpc) is 2.74. The van der Waals surface area contributed by atoms with Crippen molar-refractivity contribution < 1.29 is 14.3 Å². The van der Waals surface area contributed by atoms with Gasteiger partial charge >= 0.3 is 0 Å². The number of Topliss-reactive ketones (excluding diaryl/α,β-unsaturated/α-hetero) is 1. The Morgan fingerprint density at radius 1 is 1.12 bits per heavy atom. The van der Waals surface area contributed by atoms with E-state index in [1.165, 1.54) is 22.9 Å². The van der Waals surface area contributed by atoms with Gasteiger partial charge in [0, 0.05) is 29.6 Å². The summed E-state index contributed by atoms with van der Waals surface area (Å²) in [5, 5.41) is 3.03. The second kappa shape index (κ2) is 8.24. The molecule has 7 nitrogen and oxygen atoms in total. The third kappa shape index (κ3) is 4.16. The third-order valence-electron chi connectivity index (χ3n) is 5.43. The molecule has 0 bridgehead atoms. The number of nitrogens with one attached hydrogen (secondary N) is 1. The summed E-state index contributed by atoms with van der Waals surface area (Å²) in [5.74, 6) is 0.138. The summed E-state index contributed by atoms with van der Waals surface area (Å²) in [7, 11) is 1.56. The zero-order valence-electron chi connectivity index (χ0n) is 17.9. The van der Waals surface area contributed by atoms with Crippen molar-refractivity contribution in [3.63, 3.8) is 0 Å². The molecule has 0 atom stereocenters. The topological polar surface area (TPSA) is 90.3 Å². The van der Waals surface area contributed by atoms with Crippen LogP contribution in [-0.4, -0.2) is 28.4 Å². The molecular weight excluding hydrogens is 430 g/mol. The Morgan fingerprint density at radius 3 is 2.47 bits per heavy atom. The van der Waals surface area contributed by atoms with Crippen LogP contribution in [0.15, 0.2) is 53.5 Å². The molecule has 3 aromatic rings. The Kier molecular flexibility index (Phi) is 5.60. The molecule has 164 valence electrons. The number of nitrogens with zero attached hydrogens (tertiary/aromatic N) is 2. The van der Waals surface area contributed by atoms with Gasteiger partial charge in [0.2, 0.25) is 0 Å². The number of hydrogen-bond acceptors (Lipinski definition) is 5. The summed E-state index contributed by atoms with van der Waals surface area (Å²) in [4.78, 5) is 43.5. The normalized spacial score (nSPS) is 14.6. The number of carbonyl (C=O) groups is 2. The Balaban J connectivity index is 1.87. The Morgan fingerprint density at radius 2 is 1.84 bits per heavy atom. The molecular formula is C24H22ClN3O4. The summed E-state index contributed by atoms with van der Waals surface area (Å²) < 4.78 is 6.67. The van der Waals surface area contributed by atoms with E-state index in [2.05, 4.69) is 10.3 Å². The largest absolute Gasteiger partial charge is 0.497 e. The predicted molar refractivity (Wildman–Crippen MR) is 122 cm³/mol. The van der Waals surface area contributed by atoms with Crippen LogP contribution in [-0.2, 0) is 6.42 Å². The van der Waals surface area contributed by atoms with Crippen LogP contribution in [0.5, 0.6) is 5.75 Å². The molecule has 0 radical (unpaired) electrons. The second-order valence-corrected chi connectivity index (χ2v) is 8.95. The first kappa shape index (κ1) is 21.8. The maximum Gasteiger partial charge on any atom is 0.268 e. The predicted octanol–water partition coefficient (Wildman–Crippen LogP) is 4.30. The minimum absolute atomic E-state index is 0.0998. The van der Waals surface area contributed by atoms with Gasteiger partial charge in [0.05, 0.1) is 12.1 Å². The number of halogens is 1. The van der Waals surface area contributed by atoms with Gasteiger partial charge in [-0.3, -0.25) is 19.0 Å². The molecule has 0 spiro atoms. The van der Waals surface area contributed by atoms with Crippen molar-refractivity contribution in [3.05, 3.63) is 80.9 Å². The van der Waals surface area contributed by atoms with Gasteiger partial charge in [0.1, 0.15) is 17.1 Å². The lowest BCUT2D eigenvalue weighted by Gasteiger charge is -2.32. The smallest absolute Gasteiger partial charge is 0.268 e. The molecule has 32 heavy (non-hydrogen) atoms. The van der Waals surface area contributed by atoms with Crippen LogP contribution in [0.25, 0.3) is 5.69 Å². The van der Waals surface area contributed by atoms with E-state index in [0.717, 1.165) is 0 Å². The van der Waals surface area contributed by atoms with Crippen molar-refractivity contribution in [1.29, 1.82) is 0 Å². The average molecular weight is 452 g/mol. The molecule has 1 aromatic carbocycles. The summed E-state index contributed by atoms with van der Waals surface area (Å²) in [6.07, 6.45) is 2.25. The molecule has 0 unspecified atom stereocenters. The fourth-order valence-electron chi connectivity index (χ4n) is 3.91. The van der Waals surface area contributed by atoms with Crippen molar-refractivity contribution in [2.24, 2.45) is 5.41 Å². The highest BCUT2D eigenvalue weighted by atomic mass is 35.5. The quantitative estimate of drug-likeness (QED) is 0.638. The molecule has 8 heteroatoms. The number of rotatable bonds is 4. The lowest BCUT2D eigenvalue weighted by Crippen LogP contribution is -2.37. The fraction of sp³-hybridized carbons (Fsp3) is 0.250. The first-order valence-electron chi connectivity index (χ1n) is 10.1. The van der Waals surface area contributed by atoms with E-state index in [9.17, 15) is 14.4 Å². The highest BCUT2D eigenvalue weighted by Gasteiger charge is 2.35. The van der Waals surface area contributed by atoms with E-state index in [1.807, 2.05) is 13.8 Å². The van der Waals surface area contributed by atoms with Crippen molar-refractivity contribution in [3.8, 4) is 11.4 Å². The Bertz CT molecular complexity index is 1260. The van der Waals surface area contributed by atoms with Gasteiger partial charge in [-0.2, -0.15) is 0 Å². The number of aromatic nitrogens is 2. The first-order valence-corrected chi connectivity index (χ1v) is 10.5. The van der Waals surface area contributed by atoms with E-state index in [-0.39, 0.29) is 22.6 Å². The van der Waals surface area contributed by atoms with Gasteiger partial charge in [-0.15, -0.1) is 0 Å². The summed E-state index contributed by atoms with van der Waals surface area (Å²) in [6.45, 7) is 3.98. The van der Waals surface area contributed by atoms with Gasteiger partial charge in [-0.05, 0) is 54.3 Å². The van der Waals surface area contributed by atoms with E-state index < -0.39 is 11.5 Å². The molecule has 4 rings (SSSR count). The van der Waals surface area contributed by atoms with Gasteiger partial charge in [0.15, 0.2) is 5.78 Å². The standard InChI is InChI=1S/C24H22ClN3O4/c1-24(2)11-19-17(20(29)12-24)10-18(22(30)27-21-9-4-14(25)13-26-21)23(31)28(19)15-5-7-16(32-3)8-6-15/h4-10,13H,11-12H2,1-3H3,(H,26,27,30). The number of ether oxygens (including phenoxy) is 1. The molecule has 0 aliphatic heterocycles. The van der Waals surface area contributed by atoms with Crippen LogP contribution < -0.4 is 15.6 Å². The third-order valence-corrected chi connectivity index (χ3v) is 5.66. The van der Waals surface area contributed by atoms with Crippen molar-refractivity contribution in [1.82, 2.24) is 9.55 Å². The minimum Gasteiger partial charge on any atom is -0.497 e. The van der Waals surface area contributed by atoms with Crippen LogP contribution in [0.3, 0.4) is 0 Å². The zero-order chi connectivity index (χ0) is 23.0. The van der Waals surface area contributed by atoms with Crippen LogP contribution >= 0.6 is 11.6 Å². The van der Waals surface area contributed by atoms with Crippen LogP contribution in [0.2, 0.25) is 5.02 Å². The highest BCUT2D eigenvalue weighted by Crippen LogP contribution is 2.35. The first-order chi connectivity index (χ1) is 15.2. The van der Waals surface area contributed by atoms with Crippen molar-refractivity contribution >= 4 is 29.1 Å². The summed E-state index contributed by atoms with van der Waals surface area (Å²) in [6, 6.07) is 11.4. The van der Waals surface area contributed by atoms with Gasteiger partial charge in [-0.1, -0.05) is 25.4 Å². The van der Waals surface area contributed by atoms with Gasteiger partial charge in [0.25, 0.3) is 11.5 Å². The van der Waals surface area contributed by atoms with E-state index in [1.54, 1.807) is 37.4 Å². The number of methoxy groups -OCH3 is 1. The highest BCUT2D eigenvalue weighted by molar-refractivity contribution is 6.30. The van der Waals surface area contributed by atoms with Crippen LogP contribution in [0.1, 0.15) is 46.7 Å². The summed E-state index contributed by atoms with van der Waals surface area (Å²) in [5.41, 5.74) is 0.588. The number of ketones is 1.